The minimum atomic E-state index is 0.0950. The predicted octanol–water partition coefficient (Wildman–Crippen LogP) is 2.69. The van der Waals surface area contributed by atoms with Crippen LogP contribution in [0.3, 0.4) is 0 Å². The predicted molar refractivity (Wildman–Crippen MR) is 75.8 cm³/mol. The monoisotopic (exact) mass is 254 g/mol. The van der Waals surface area contributed by atoms with Gasteiger partial charge in [0.2, 0.25) is 5.91 Å². The van der Waals surface area contributed by atoms with E-state index in [9.17, 15) is 4.79 Å². The third-order valence-electron chi connectivity index (χ3n) is 3.79. The molecule has 1 aromatic carbocycles. The smallest absolute Gasteiger partial charge is 0.224 e. The standard InChI is InChI=1S/C16H18N2O/c1-11(12-7-8-12)18-15(19)10-14-5-2-4-13-6-3-9-17-16(13)14/h2-6,9,11-12H,7-8,10H2,1H3,(H,18,19). The van der Waals surface area contributed by atoms with Crippen molar-refractivity contribution >= 4 is 16.8 Å². The minimum absolute atomic E-state index is 0.0950. The number of amides is 1. The maximum atomic E-state index is 12.1. The van der Waals surface area contributed by atoms with Gasteiger partial charge in [-0.3, -0.25) is 9.78 Å². The van der Waals surface area contributed by atoms with Gasteiger partial charge in [-0.05, 0) is 37.3 Å². The summed E-state index contributed by atoms with van der Waals surface area (Å²) in [6, 6.07) is 10.2. The third-order valence-corrected chi connectivity index (χ3v) is 3.79. The van der Waals surface area contributed by atoms with Crippen LogP contribution in [0.15, 0.2) is 36.5 Å². The molecule has 0 spiro atoms. The quantitative estimate of drug-likeness (QED) is 0.911. The topological polar surface area (TPSA) is 42.0 Å². The van der Waals surface area contributed by atoms with Crippen LogP contribution in [0, 0.1) is 5.92 Å². The van der Waals surface area contributed by atoms with Crippen molar-refractivity contribution < 1.29 is 4.79 Å². The van der Waals surface area contributed by atoms with Crippen LogP contribution in [0.4, 0.5) is 0 Å². The van der Waals surface area contributed by atoms with E-state index in [1.807, 2.05) is 30.3 Å². The van der Waals surface area contributed by atoms with Crippen molar-refractivity contribution in [2.45, 2.75) is 32.2 Å². The Morgan fingerprint density at radius 1 is 1.37 bits per heavy atom. The van der Waals surface area contributed by atoms with Gasteiger partial charge in [-0.25, -0.2) is 0 Å². The van der Waals surface area contributed by atoms with E-state index in [1.165, 1.54) is 12.8 Å². The van der Waals surface area contributed by atoms with Crippen molar-refractivity contribution in [2.24, 2.45) is 5.92 Å². The number of para-hydroxylation sites is 1. The van der Waals surface area contributed by atoms with E-state index in [2.05, 4.69) is 17.2 Å². The summed E-state index contributed by atoms with van der Waals surface area (Å²) in [5.41, 5.74) is 1.93. The highest BCUT2D eigenvalue weighted by atomic mass is 16.1. The van der Waals surface area contributed by atoms with Crippen LogP contribution in [0.5, 0.6) is 0 Å². The largest absolute Gasteiger partial charge is 0.353 e. The first-order valence-corrected chi connectivity index (χ1v) is 6.86. The maximum absolute atomic E-state index is 12.1. The van der Waals surface area contributed by atoms with E-state index in [1.54, 1.807) is 6.20 Å². The molecule has 1 saturated carbocycles. The van der Waals surface area contributed by atoms with Crippen LogP contribution in [0.1, 0.15) is 25.3 Å². The molecule has 0 bridgehead atoms. The first kappa shape index (κ1) is 12.2. The van der Waals surface area contributed by atoms with E-state index in [0.29, 0.717) is 18.4 Å². The molecule has 0 aliphatic heterocycles. The van der Waals surface area contributed by atoms with Crippen molar-refractivity contribution in [2.75, 3.05) is 0 Å². The van der Waals surface area contributed by atoms with E-state index >= 15 is 0 Å². The van der Waals surface area contributed by atoms with Crippen LogP contribution in [0.2, 0.25) is 0 Å². The molecule has 0 radical (unpaired) electrons. The van der Waals surface area contributed by atoms with Crippen LogP contribution in [-0.4, -0.2) is 16.9 Å². The lowest BCUT2D eigenvalue weighted by Gasteiger charge is -2.13. The molecule has 3 rings (SSSR count). The summed E-state index contributed by atoms with van der Waals surface area (Å²) >= 11 is 0. The molecule has 98 valence electrons. The number of aromatic nitrogens is 1. The number of pyridine rings is 1. The SMILES string of the molecule is CC(NC(=O)Cc1cccc2cccnc12)C1CC1. The fourth-order valence-corrected chi connectivity index (χ4v) is 2.50. The van der Waals surface area contributed by atoms with Crippen LogP contribution >= 0.6 is 0 Å². The molecule has 3 heteroatoms. The Bertz CT molecular complexity index is 599. The van der Waals surface area contributed by atoms with Crippen LogP contribution < -0.4 is 5.32 Å². The van der Waals surface area contributed by atoms with E-state index in [-0.39, 0.29) is 5.91 Å². The number of nitrogens with one attached hydrogen (secondary N) is 1. The molecule has 1 heterocycles. The molecule has 0 saturated heterocycles. The first-order valence-electron chi connectivity index (χ1n) is 6.86. The number of nitrogens with zero attached hydrogens (tertiary/aromatic N) is 1. The zero-order valence-corrected chi connectivity index (χ0v) is 11.1. The van der Waals surface area contributed by atoms with Gasteiger partial charge in [0.05, 0.1) is 11.9 Å². The number of hydrogen-bond acceptors (Lipinski definition) is 2. The highest BCUT2D eigenvalue weighted by Crippen LogP contribution is 2.32. The molecule has 1 unspecified atom stereocenters. The number of carbonyl (C=O) groups excluding carboxylic acids is 1. The Kier molecular flexibility index (Phi) is 3.20. The van der Waals surface area contributed by atoms with Gasteiger partial charge >= 0.3 is 0 Å². The molecule has 1 fully saturated rings. The van der Waals surface area contributed by atoms with Gasteiger partial charge in [-0.2, -0.15) is 0 Å². The molecule has 1 N–H and O–H groups in total. The second kappa shape index (κ2) is 5.00. The molecular weight excluding hydrogens is 236 g/mol. The summed E-state index contributed by atoms with van der Waals surface area (Å²) in [6.45, 7) is 2.09. The average molecular weight is 254 g/mol. The second-order valence-corrected chi connectivity index (χ2v) is 5.36. The maximum Gasteiger partial charge on any atom is 0.224 e. The normalized spacial score (nSPS) is 16.3. The Hall–Kier alpha value is -1.90. The van der Waals surface area contributed by atoms with E-state index in [0.717, 1.165) is 16.5 Å². The van der Waals surface area contributed by atoms with Crippen molar-refractivity contribution in [3.63, 3.8) is 0 Å². The second-order valence-electron chi connectivity index (χ2n) is 5.36. The van der Waals surface area contributed by atoms with Crippen LogP contribution in [0.25, 0.3) is 10.9 Å². The molecule has 1 atom stereocenters. The van der Waals surface area contributed by atoms with Gasteiger partial charge in [-0.1, -0.05) is 24.3 Å². The fourth-order valence-electron chi connectivity index (χ4n) is 2.50. The first-order chi connectivity index (χ1) is 9.24. The Morgan fingerprint density at radius 2 is 2.16 bits per heavy atom. The van der Waals surface area contributed by atoms with Gasteiger partial charge in [0.25, 0.3) is 0 Å². The number of hydrogen-bond donors (Lipinski definition) is 1. The van der Waals surface area contributed by atoms with Crippen molar-refractivity contribution in [3.05, 3.63) is 42.1 Å². The lowest BCUT2D eigenvalue weighted by atomic mass is 10.1. The number of fused-ring (bicyclic) bond motifs is 1. The summed E-state index contributed by atoms with van der Waals surface area (Å²) in [5, 5.41) is 4.17. The Labute approximate surface area is 113 Å². The van der Waals surface area contributed by atoms with Crippen molar-refractivity contribution in [3.8, 4) is 0 Å². The summed E-state index contributed by atoms with van der Waals surface area (Å²) in [5.74, 6) is 0.784. The highest BCUT2D eigenvalue weighted by molar-refractivity contribution is 5.87. The molecule has 1 aromatic heterocycles. The molecule has 1 aliphatic rings. The lowest BCUT2D eigenvalue weighted by Crippen LogP contribution is -2.35. The van der Waals surface area contributed by atoms with Crippen molar-refractivity contribution in [1.82, 2.24) is 10.3 Å². The molecule has 1 aliphatic carbocycles. The van der Waals surface area contributed by atoms with Crippen molar-refractivity contribution in [1.29, 1.82) is 0 Å². The minimum Gasteiger partial charge on any atom is -0.353 e. The van der Waals surface area contributed by atoms with Gasteiger partial charge in [0.15, 0.2) is 0 Å². The molecular formula is C16H18N2O. The molecule has 19 heavy (non-hydrogen) atoms. The molecule has 2 aromatic rings. The Morgan fingerprint density at radius 3 is 2.95 bits per heavy atom. The average Bonchev–Trinajstić information content (AvgIpc) is 3.23. The zero-order chi connectivity index (χ0) is 13.2. The third kappa shape index (κ3) is 2.75. The summed E-state index contributed by atoms with van der Waals surface area (Å²) < 4.78 is 0. The van der Waals surface area contributed by atoms with Gasteiger partial charge in [-0.15, -0.1) is 0 Å². The van der Waals surface area contributed by atoms with Gasteiger partial charge in [0.1, 0.15) is 0 Å². The van der Waals surface area contributed by atoms with E-state index in [4.69, 9.17) is 0 Å². The van der Waals surface area contributed by atoms with Gasteiger partial charge in [0, 0.05) is 17.6 Å². The zero-order valence-electron chi connectivity index (χ0n) is 11.1. The number of rotatable bonds is 4. The number of benzene rings is 1. The fraction of sp³-hybridized carbons (Fsp3) is 0.375. The summed E-state index contributed by atoms with van der Waals surface area (Å²) in [4.78, 5) is 16.4. The summed E-state index contributed by atoms with van der Waals surface area (Å²) in [7, 11) is 0. The van der Waals surface area contributed by atoms with Crippen LogP contribution in [-0.2, 0) is 11.2 Å². The van der Waals surface area contributed by atoms with E-state index < -0.39 is 0 Å². The Balaban J connectivity index is 1.75. The lowest BCUT2D eigenvalue weighted by molar-refractivity contribution is -0.121. The molecule has 3 nitrogen and oxygen atoms in total. The number of carbonyl (C=O) groups is 1. The molecule has 1 amide bonds. The van der Waals surface area contributed by atoms with Gasteiger partial charge < -0.3 is 5.32 Å². The highest BCUT2D eigenvalue weighted by Gasteiger charge is 2.28. The summed E-state index contributed by atoms with van der Waals surface area (Å²) in [6.07, 6.45) is 4.68.